The van der Waals surface area contributed by atoms with Crippen LogP contribution in [0.4, 0.5) is 10.1 Å². The van der Waals surface area contributed by atoms with Crippen LogP contribution in [-0.4, -0.2) is 28.0 Å². The molecule has 2 amide bonds. The van der Waals surface area contributed by atoms with Gasteiger partial charge in [0.2, 0.25) is 0 Å². The molecule has 1 fully saturated rings. The second-order valence-corrected chi connectivity index (χ2v) is 11.1. The average molecular weight is 461 g/mol. The molecule has 6 heteroatoms. The Morgan fingerprint density at radius 2 is 1.76 bits per heavy atom. The SMILES string of the molecule is Cc1ccccc1CN1C(=O)[C@]2(SC(C)(C)CN2C(=O)c2cccc(F)c2)c2ccccc21. The van der Waals surface area contributed by atoms with E-state index >= 15 is 0 Å². The summed E-state index contributed by atoms with van der Waals surface area (Å²) in [7, 11) is 0. The highest BCUT2D eigenvalue weighted by molar-refractivity contribution is 8.02. The van der Waals surface area contributed by atoms with E-state index in [4.69, 9.17) is 0 Å². The Morgan fingerprint density at radius 3 is 2.52 bits per heavy atom. The first-order chi connectivity index (χ1) is 15.7. The molecule has 0 aliphatic carbocycles. The van der Waals surface area contributed by atoms with E-state index in [1.165, 1.54) is 30.0 Å². The van der Waals surface area contributed by atoms with Crippen molar-refractivity contribution in [3.8, 4) is 0 Å². The minimum atomic E-state index is -1.19. The fourth-order valence-electron chi connectivity index (χ4n) is 4.85. The van der Waals surface area contributed by atoms with Crippen LogP contribution in [0.15, 0.2) is 72.8 Å². The number of carbonyl (C=O) groups is 2. The lowest BCUT2D eigenvalue weighted by atomic mass is 10.0. The number of carbonyl (C=O) groups excluding carboxylic acids is 2. The van der Waals surface area contributed by atoms with Gasteiger partial charge in [-0.15, -0.1) is 11.8 Å². The molecule has 1 spiro atoms. The van der Waals surface area contributed by atoms with E-state index in [1.54, 1.807) is 15.9 Å². The summed E-state index contributed by atoms with van der Waals surface area (Å²) in [4.78, 5) is 30.2. The van der Waals surface area contributed by atoms with Crippen LogP contribution in [0.3, 0.4) is 0 Å². The number of benzene rings is 3. The van der Waals surface area contributed by atoms with Crippen molar-refractivity contribution in [1.82, 2.24) is 4.90 Å². The van der Waals surface area contributed by atoms with Gasteiger partial charge in [-0.05, 0) is 56.2 Å². The van der Waals surface area contributed by atoms with E-state index in [9.17, 15) is 14.0 Å². The van der Waals surface area contributed by atoms with Crippen molar-refractivity contribution in [3.05, 3.63) is 101 Å². The first kappa shape index (κ1) is 21.7. The van der Waals surface area contributed by atoms with E-state index in [1.807, 2.05) is 69.3 Å². The zero-order valence-electron chi connectivity index (χ0n) is 18.8. The van der Waals surface area contributed by atoms with Gasteiger partial charge in [-0.3, -0.25) is 9.59 Å². The average Bonchev–Trinajstić information content (AvgIpc) is 3.21. The van der Waals surface area contributed by atoms with E-state index in [-0.39, 0.29) is 22.1 Å². The molecule has 0 bridgehead atoms. The molecule has 2 aliphatic heterocycles. The highest BCUT2D eigenvalue weighted by Gasteiger charge is 2.63. The van der Waals surface area contributed by atoms with Gasteiger partial charge in [-0.2, -0.15) is 0 Å². The van der Waals surface area contributed by atoms with Crippen LogP contribution < -0.4 is 4.90 Å². The Morgan fingerprint density at radius 1 is 1.03 bits per heavy atom. The zero-order chi connectivity index (χ0) is 23.4. The molecule has 4 nitrogen and oxygen atoms in total. The van der Waals surface area contributed by atoms with Crippen LogP contribution in [-0.2, 0) is 16.2 Å². The Balaban J connectivity index is 1.64. The van der Waals surface area contributed by atoms with E-state index < -0.39 is 10.7 Å². The second-order valence-electron chi connectivity index (χ2n) is 9.24. The molecule has 0 N–H and O–H groups in total. The monoisotopic (exact) mass is 460 g/mol. The second kappa shape index (κ2) is 7.73. The summed E-state index contributed by atoms with van der Waals surface area (Å²) in [5.74, 6) is -0.943. The minimum absolute atomic E-state index is 0.132. The largest absolute Gasteiger partial charge is 0.310 e. The van der Waals surface area contributed by atoms with Gasteiger partial charge in [0.15, 0.2) is 4.87 Å². The highest BCUT2D eigenvalue weighted by Crippen LogP contribution is 2.60. The number of halogens is 1. The Labute approximate surface area is 197 Å². The van der Waals surface area contributed by atoms with Gasteiger partial charge in [0.05, 0.1) is 12.2 Å². The maximum atomic E-state index is 14.2. The van der Waals surface area contributed by atoms with E-state index in [0.29, 0.717) is 13.1 Å². The van der Waals surface area contributed by atoms with Crippen molar-refractivity contribution in [3.63, 3.8) is 0 Å². The number of rotatable bonds is 3. The molecular formula is C27H25FN2O2S. The Bertz CT molecular complexity index is 1270. The maximum Gasteiger partial charge on any atom is 0.268 e. The number of fused-ring (bicyclic) bond motifs is 2. The molecule has 2 heterocycles. The number of anilines is 1. The van der Waals surface area contributed by atoms with Gasteiger partial charge in [0.1, 0.15) is 5.82 Å². The van der Waals surface area contributed by atoms with Crippen LogP contribution in [0.25, 0.3) is 0 Å². The number of thioether (sulfide) groups is 1. The third-order valence-corrected chi connectivity index (χ3v) is 7.94. The van der Waals surface area contributed by atoms with Gasteiger partial charge in [0.25, 0.3) is 11.8 Å². The molecule has 0 radical (unpaired) electrons. The molecule has 168 valence electrons. The summed E-state index contributed by atoms with van der Waals surface area (Å²) >= 11 is 1.50. The normalized spacial score (nSPS) is 21.0. The number of hydrogen-bond donors (Lipinski definition) is 0. The van der Waals surface area contributed by atoms with Gasteiger partial charge in [0, 0.05) is 22.4 Å². The first-order valence-corrected chi connectivity index (χ1v) is 11.8. The van der Waals surface area contributed by atoms with Crippen LogP contribution in [0.5, 0.6) is 0 Å². The Hall–Kier alpha value is -3.12. The smallest absolute Gasteiger partial charge is 0.268 e. The van der Waals surface area contributed by atoms with Crippen molar-refractivity contribution >= 4 is 29.3 Å². The number of nitrogens with zero attached hydrogens (tertiary/aromatic N) is 2. The van der Waals surface area contributed by atoms with Gasteiger partial charge in [-0.1, -0.05) is 48.5 Å². The fourth-order valence-corrected chi connectivity index (χ4v) is 6.58. The first-order valence-electron chi connectivity index (χ1n) is 11.0. The quantitative estimate of drug-likeness (QED) is 0.518. The van der Waals surface area contributed by atoms with Crippen molar-refractivity contribution in [2.24, 2.45) is 0 Å². The zero-order valence-corrected chi connectivity index (χ0v) is 19.7. The maximum absolute atomic E-state index is 14.2. The van der Waals surface area contributed by atoms with Crippen LogP contribution in [0.2, 0.25) is 0 Å². The molecule has 2 aliphatic rings. The van der Waals surface area contributed by atoms with Crippen LogP contribution in [0, 0.1) is 12.7 Å². The van der Waals surface area contributed by atoms with Crippen LogP contribution >= 0.6 is 11.8 Å². The summed E-state index contributed by atoms with van der Waals surface area (Å²) in [6.45, 7) is 6.92. The predicted octanol–water partition coefficient (Wildman–Crippen LogP) is 5.50. The summed E-state index contributed by atoms with van der Waals surface area (Å²) < 4.78 is 13.6. The topological polar surface area (TPSA) is 40.6 Å². The Kier molecular flexibility index (Phi) is 5.09. The van der Waals surface area contributed by atoms with Gasteiger partial charge < -0.3 is 9.80 Å². The van der Waals surface area contributed by atoms with Gasteiger partial charge in [-0.25, -0.2) is 4.39 Å². The summed E-state index contributed by atoms with van der Waals surface area (Å²) in [6.07, 6.45) is 0. The molecule has 0 saturated carbocycles. The third kappa shape index (κ3) is 3.44. The number of para-hydroxylation sites is 1. The minimum Gasteiger partial charge on any atom is -0.310 e. The number of amides is 2. The number of aryl methyl sites for hydroxylation is 1. The number of hydrogen-bond acceptors (Lipinski definition) is 3. The molecule has 5 rings (SSSR count). The lowest BCUT2D eigenvalue weighted by Crippen LogP contribution is -2.50. The molecule has 3 aromatic carbocycles. The molecule has 33 heavy (non-hydrogen) atoms. The van der Waals surface area contributed by atoms with Crippen molar-refractivity contribution in [2.75, 3.05) is 11.4 Å². The molecule has 3 aromatic rings. The fraction of sp³-hybridized carbons (Fsp3) is 0.259. The molecule has 1 saturated heterocycles. The third-order valence-electron chi connectivity index (χ3n) is 6.34. The summed E-state index contributed by atoms with van der Waals surface area (Å²) in [5.41, 5.74) is 4.03. The highest BCUT2D eigenvalue weighted by atomic mass is 32.2. The van der Waals surface area contributed by atoms with E-state index in [0.717, 1.165) is 22.4 Å². The molecule has 1 atom stereocenters. The van der Waals surface area contributed by atoms with Crippen molar-refractivity contribution in [2.45, 2.75) is 36.9 Å². The predicted molar refractivity (Wildman–Crippen MR) is 130 cm³/mol. The van der Waals surface area contributed by atoms with Crippen molar-refractivity contribution < 1.29 is 14.0 Å². The van der Waals surface area contributed by atoms with Gasteiger partial charge >= 0.3 is 0 Å². The standard InChI is InChI=1S/C27H25FN2O2S/c1-18-9-4-5-10-20(18)16-29-23-14-7-6-13-22(23)27(25(29)32)30(17-26(2,3)33-27)24(31)19-11-8-12-21(28)15-19/h4-15H,16-17H2,1-3H3/t27-/m1/s1. The lowest BCUT2D eigenvalue weighted by Gasteiger charge is -2.33. The van der Waals surface area contributed by atoms with Crippen LogP contribution in [0.1, 0.15) is 40.9 Å². The lowest BCUT2D eigenvalue weighted by molar-refractivity contribution is -0.123. The summed E-state index contributed by atoms with van der Waals surface area (Å²) in [5, 5.41) is 0. The molecule has 0 unspecified atom stereocenters. The van der Waals surface area contributed by atoms with E-state index in [2.05, 4.69) is 0 Å². The molecular weight excluding hydrogens is 435 g/mol. The molecule has 0 aromatic heterocycles. The summed E-state index contributed by atoms with van der Waals surface area (Å²) in [6, 6.07) is 21.4. The van der Waals surface area contributed by atoms with Crippen molar-refractivity contribution in [1.29, 1.82) is 0 Å².